The molecule has 1 unspecified atom stereocenters. The maximum Gasteiger partial charge on any atom is 0.264 e. The molecule has 152 valence electrons. The highest BCUT2D eigenvalue weighted by molar-refractivity contribution is 6.30. The van der Waals surface area contributed by atoms with Crippen LogP contribution in [0.3, 0.4) is 0 Å². The Morgan fingerprint density at radius 3 is 2.37 bits per heavy atom. The number of fused-ring (bicyclic) bond motifs is 1. The van der Waals surface area contributed by atoms with Crippen molar-refractivity contribution in [2.75, 3.05) is 18.1 Å². The van der Waals surface area contributed by atoms with Crippen LogP contribution in [-0.4, -0.2) is 29.9 Å². The van der Waals surface area contributed by atoms with E-state index in [-0.39, 0.29) is 25.4 Å². The first-order chi connectivity index (χ1) is 14.5. The Morgan fingerprint density at radius 2 is 1.63 bits per heavy atom. The second-order valence-corrected chi connectivity index (χ2v) is 7.54. The molecular formula is C24H20ClNO4. The summed E-state index contributed by atoms with van der Waals surface area (Å²) in [7, 11) is 0. The normalized spacial score (nSPS) is 17.7. The molecule has 0 bridgehead atoms. The van der Waals surface area contributed by atoms with E-state index in [0.29, 0.717) is 27.6 Å². The number of aliphatic hydroxyl groups is 1. The summed E-state index contributed by atoms with van der Waals surface area (Å²) in [6.07, 6.45) is -0.318. The molecule has 1 aliphatic heterocycles. The van der Waals surface area contributed by atoms with Gasteiger partial charge in [0.15, 0.2) is 11.4 Å². The van der Waals surface area contributed by atoms with Gasteiger partial charge in [-0.2, -0.15) is 0 Å². The number of ketones is 1. The van der Waals surface area contributed by atoms with Crippen LogP contribution >= 0.6 is 11.6 Å². The summed E-state index contributed by atoms with van der Waals surface area (Å²) in [5.74, 6) is -0.179. The number of rotatable bonds is 7. The maximum absolute atomic E-state index is 13.2. The highest BCUT2D eigenvalue weighted by Gasteiger charge is 2.50. The van der Waals surface area contributed by atoms with E-state index in [2.05, 4.69) is 0 Å². The number of carbonyl (C=O) groups excluding carboxylic acids is 2. The molecule has 0 radical (unpaired) electrons. The average molecular weight is 422 g/mol. The lowest BCUT2D eigenvalue weighted by Crippen LogP contribution is -2.43. The third-order valence-electron chi connectivity index (χ3n) is 5.15. The molecular weight excluding hydrogens is 402 g/mol. The zero-order chi connectivity index (χ0) is 21.1. The van der Waals surface area contributed by atoms with E-state index < -0.39 is 11.5 Å². The molecule has 1 heterocycles. The van der Waals surface area contributed by atoms with Crippen molar-refractivity contribution in [3.05, 3.63) is 95.0 Å². The zero-order valence-electron chi connectivity index (χ0n) is 16.1. The number of amides is 1. The van der Waals surface area contributed by atoms with Crippen LogP contribution in [0.1, 0.15) is 22.3 Å². The van der Waals surface area contributed by atoms with Crippen LogP contribution in [0.15, 0.2) is 78.9 Å². The summed E-state index contributed by atoms with van der Waals surface area (Å²) in [5.41, 5.74) is -0.416. The molecule has 0 saturated heterocycles. The Balaban J connectivity index is 1.53. The fourth-order valence-electron chi connectivity index (χ4n) is 3.64. The van der Waals surface area contributed by atoms with Gasteiger partial charge in [0.1, 0.15) is 12.4 Å². The minimum Gasteiger partial charge on any atom is -0.492 e. The van der Waals surface area contributed by atoms with Crippen LogP contribution in [0.2, 0.25) is 5.02 Å². The molecule has 1 N–H and O–H groups in total. The van der Waals surface area contributed by atoms with Crippen molar-refractivity contribution < 1.29 is 19.4 Å². The molecule has 30 heavy (non-hydrogen) atoms. The fraction of sp³-hybridized carbons (Fsp3) is 0.167. The van der Waals surface area contributed by atoms with Crippen molar-refractivity contribution >= 4 is 29.0 Å². The molecule has 0 spiro atoms. The van der Waals surface area contributed by atoms with E-state index in [0.717, 1.165) is 0 Å². The van der Waals surface area contributed by atoms with Gasteiger partial charge < -0.3 is 14.7 Å². The third-order valence-corrected chi connectivity index (χ3v) is 5.40. The molecule has 0 saturated carbocycles. The first-order valence-corrected chi connectivity index (χ1v) is 9.97. The number of hydrogen-bond acceptors (Lipinski definition) is 4. The molecule has 0 fully saturated rings. The van der Waals surface area contributed by atoms with Gasteiger partial charge in [-0.1, -0.05) is 60.1 Å². The summed E-state index contributed by atoms with van der Waals surface area (Å²) in [5, 5.41) is 11.9. The summed E-state index contributed by atoms with van der Waals surface area (Å²) in [6.45, 7) is 0.463. The van der Waals surface area contributed by atoms with Gasteiger partial charge in [-0.25, -0.2) is 0 Å². The smallest absolute Gasteiger partial charge is 0.264 e. The number of carbonyl (C=O) groups is 2. The number of Topliss-reactive ketones (excluding diaryl/α,β-unsaturated/α-hetero) is 1. The van der Waals surface area contributed by atoms with Crippen LogP contribution in [-0.2, 0) is 10.4 Å². The SMILES string of the molecule is O=C(CC1(O)C(=O)N(CCOc2ccc(Cl)cc2)c2ccccc21)c1ccccc1. The minimum absolute atomic E-state index is 0.227. The minimum atomic E-state index is -1.90. The molecule has 1 atom stereocenters. The standard InChI is InChI=1S/C24H20ClNO4/c25-18-10-12-19(13-11-18)30-15-14-26-21-9-5-4-8-20(21)24(29,23(26)28)16-22(27)17-6-2-1-3-7-17/h1-13,29H,14-16H2. The van der Waals surface area contributed by atoms with Crippen LogP contribution < -0.4 is 9.64 Å². The molecule has 4 rings (SSSR count). The van der Waals surface area contributed by atoms with Gasteiger partial charge in [0.25, 0.3) is 5.91 Å². The fourth-order valence-corrected chi connectivity index (χ4v) is 3.77. The molecule has 1 amide bonds. The Kier molecular flexibility index (Phi) is 5.57. The zero-order valence-corrected chi connectivity index (χ0v) is 16.9. The van der Waals surface area contributed by atoms with Crippen molar-refractivity contribution in [2.45, 2.75) is 12.0 Å². The van der Waals surface area contributed by atoms with E-state index in [4.69, 9.17) is 16.3 Å². The van der Waals surface area contributed by atoms with Gasteiger partial charge in [-0.15, -0.1) is 0 Å². The molecule has 6 heteroatoms. The van der Waals surface area contributed by atoms with Crippen LogP contribution in [0.25, 0.3) is 0 Å². The van der Waals surface area contributed by atoms with Crippen molar-refractivity contribution in [3.63, 3.8) is 0 Å². The first-order valence-electron chi connectivity index (χ1n) is 9.59. The molecule has 0 aliphatic carbocycles. The summed E-state index contributed by atoms with van der Waals surface area (Å²) < 4.78 is 5.70. The van der Waals surface area contributed by atoms with Crippen LogP contribution in [0, 0.1) is 0 Å². The molecule has 1 aliphatic rings. The lowest BCUT2D eigenvalue weighted by atomic mass is 9.88. The highest BCUT2D eigenvalue weighted by Crippen LogP contribution is 2.42. The lowest BCUT2D eigenvalue weighted by molar-refractivity contribution is -0.135. The van der Waals surface area contributed by atoms with E-state index in [1.807, 2.05) is 6.07 Å². The van der Waals surface area contributed by atoms with Gasteiger partial charge in [-0.05, 0) is 30.3 Å². The number of nitrogens with zero attached hydrogens (tertiary/aromatic N) is 1. The predicted octanol–water partition coefficient (Wildman–Crippen LogP) is 4.23. The van der Waals surface area contributed by atoms with Crippen molar-refractivity contribution in [1.29, 1.82) is 0 Å². The number of anilines is 1. The third kappa shape index (κ3) is 3.82. The lowest BCUT2D eigenvalue weighted by Gasteiger charge is -2.23. The van der Waals surface area contributed by atoms with E-state index in [1.165, 1.54) is 4.90 Å². The molecule has 3 aromatic carbocycles. The Labute approximate surface area is 179 Å². The predicted molar refractivity (Wildman–Crippen MR) is 115 cm³/mol. The quantitative estimate of drug-likeness (QED) is 0.580. The van der Waals surface area contributed by atoms with Gasteiger partial charge in [0.2, 0.25) is 0 Å². The summed E-state index contributed by atoms with van der Waals surface area (Å²) in [4.78, 5) is 27.4. The first kappa shape index (κ1) is 20.1. The van der Waals surface area contributed by atoms with Crippen molar-refractivity contribution in [2.24, 2.45) is 0 Å². The summed E-state index contributed by atoms with van der Waals surface area (Å²) in [6, 6.07) is 22.6. The molecule has 5 nitrogen and oxygen atoms in total. The topological polar surface area (TPSA) is 66.8 Å². The monoisotopic (exact) mass is 421 g/mol. The van der Waals surface area contributed by atoms with Gasteiger partial charge in [0.05, 0.1) is 18.7 Å². The number of hydrogen-bond donors (Lipinski definition) is 1. The van der Waals surface area contributed by atoms with E-state index >= 15 is 0 Å². The number of benzene rings is 3. The van der Waals surface area contributed by atoms with Gasteiger partial charge in [0, 0.05) is 16.1 Å². The maximum atomic E-state index is 13.2. The molecule has 3 aromatic rings. The Hall–Kier alpha value is -3.15. The van der Waals surface area contributed by atoms with E-state index in [1.54, 1.807) is 72.8 Å². The number of ether oxygens (including phenoxy) is 1. The van der Waals surface area contributed by atoms with E-state index in [9.17, 15) is 14.7 Å². The largest absolute Gasteiger partial charge is 0.492 e. The Morgan fingerprint density at radius 1 is 0.967 bits per heavy atom. The highest BCUT2D eigenvalue weighted by atomic mass is 35.5. The molecule has 0 aromatic heterocycles. The second kappa shape index (κ2) is 8.30. The van der Waals surface area contributed by atoms with Gasteiger partial charge in [-0.3, -0.25) is 9.59 Å². The van der Waals surface area contributed by atoms with Crippen molar-refractivity contribution in [1.82, 2.24) is 0 Å². The average Bonchev–Trinajstić information content (AvgIpc) is 2.97. The van der Waals surface area contributed by atoms with Crippen molar-refractivity contribution in [3.8, 4) is 5.75 Å². The number of para-hydroxylation sites is 1. The Bertz CT molecular complexity index is 1070. The summed E-state index contributed by atoms with van der Waals surface area (Å²) >= 11 is 5.88. The van der Waals surface area contributed by atoms with Gasteiger partial charge >= 0.3 is 0 Å². The number of halogens is 1. The second-order valence-electron chi connectivity index (χ2n) is 7.10. The van der Waals surface area contributed by atoms with Crippen LogP contribution in [0.5, 0.6) is 5.75 Å². The van der Waals surface area contributed by atoms with Crippen LogP contribution in [0.4, 0.5) is 5.69 Å².